The Balaban J connectivity index is 0.975. The van der Waals surface area contributed by atoms with Gasteiger partial charge in [-0.1, -0.05) is 225 Å². The third-order valence-electron chi connectivity index (χ3n) is 20.1. The Morgan fingerprint density at radius 3 is 1.28 bits per heavy atom. The highest BCUT2D eigenvalue weighted by molar-refractivity contribution is 6.23. The van der Waals surface area contributed by atoms with E-state index in [1.807, 2.05) is 0 Å². The van der Waals surface area contributed by atoms with E-state index in [4.69, 9.17) is 0 Å². The summed E-state index contributed by atoms with van der Waals surface area (Å²) in [5, 5.41) is 4.91. The Bertz CT molecular complexity index is 4530. The molecule has 396 valence electrons. The van der Waals surface area contributed by atoms with Crippen LogP contribution in [0.15, 0.2) is 236 Å². The van der Waals surface area contributed by atoms with Gasteiger partial charge in [0.15, 0.2) is 0 Å². The zero-order valence-electron chi connectivity index (χ0n) is 48.2. The predicted octanol–water partition coefficient (Wildman–Crippen LogP) is 21.9. The molecule has 2 heteroatoms. The molecule has 0 saturated heterocycles. The van der Waals surface area contributed by atoms with E-state index in [1.54, 1.807) is 0 Å². The highest BCUT2D eigenvalue weighted by Crippen LogP contribution is 2.58. The Morgan fingerprint density at radius 2 is 0.732 bits per heavy atom. The molecule has 0 spiro atoms. The molecule has 0 aromatic heterocycles. The molecule has 0 atom stereocenters. The quantitative estimate of drug-likeness (QED) is 0.159. The molecule has 2 aliphatic heterocycles. The van der Waals surface area contributed by atoms with Gasteiger partial charge in [0.1, 0.15) is 0 Å². The van der Waals surface area contributed by atoms with Gasteiger partial charge < -0.3 is 9.80 Å². The third kappa shape index (κ3) is 6.76. The van der Waals surface area contributed by atoms with Gasteiger partial charge in [0.2, 0.25) is 0 Å². The van der Waals surface area contributed by atoms with E-state index in [2.05, 4.69) is 296 Å². The van der Waals surface area contributed by atoms with Crippen LogP contribution in [0, 0.1) is 0 Å². The van der Waals surface area contributed by atoms with Crippen LogP contribution in [0.3, 0.4) is 0 Å². The van der Waals surface area contributed by atoms with Crippen molar-refractivity contribution in [2.75, 3.05) is 9.80 Å². The first-order valence-electron chi connectivity index (χ1n) is 29.6. The van der Waals surface area contributed by atoms with Gasteiger partial charge in [-0.15, -0.1) is 0 Å². The number of hydrogen-bond acceptors (Lipinski definition) is 2. The summed E-state index contributed by atoms with van der Waals surface area (Å²) in [4.78, 5) is 5.05. The number of fused-ring (bicyclic) bond motifs is 11. The average Bonchev–Trinajstić information content (AvgIpc) is 1.76. The summed E-state index contributed by atoms with van der Waals surface area (Å²) in [6, 6.07) is 84.0. The number of hydrogen-bond donors (Lipinski definition) is 0. The van der Waals surface area contributed by atoms with Crippen molar-refractivity contribution in [2.45, 2.75) is 89.9 Å². The fraction of sp³-hybridized carbons (Fsp3) is 0.175. The summed E-state index contributed by atoms with van der Waals surface area (Å²) in [5.74, 6) is 0. The largest absolute Gasteiger partial charge is 0.310 e. The summed E-state index contributed by atoms with van der Waals surface area (Å²) >= 11 is 0. The molecule has 0 radical (unpaired) electrons. The lowest BCUT2D eigenvalue weighted by atomic mass is 9.73. The summed E-state index contributed by atoms with van der Waals surface area (Å²) in [7, 11) is 0. The van der Waals surface area contributed by atoms with Crippen molar-refractivity contribution in [3.63, 3.8) is 0 Å². The number of rotatable bonds is 5. The monoisotopic (exact) mass is 1050 g/mol. The molecule has 3 aliphatic carbocycles. The van der Waals surface area contributed by atoms with Crippen molar-refractivity contribution in [1.29, 1.82) is 0 Å². The molecule has 0 saturated carbocycles. The smallest absolute Gasteiger partial charge is 0.0502 e. The van der Waals surface area contributed by atoms with Gasteiger partial charge in [-0.25, -0.2) is 0 Å². The second-order valence-electron chi connectivity index (χ2n) is 25.9. The molecule has 16 rings (SSSR count). The minimum atomic E-state index is -0.178. The zero-order chi connectivity index (χ0) is 55.6. The fourth-order valence-electron chi connectivity index (χ4n) is 15.9. The van der Waals surface area contributed by atoms with Crippen molar-refractivity contribution in [1.82, 2.24) is 0 Å². The molecule has 0 unspecified atom stereocenters. The van der Waals surface area contributed by atoms with Crippen LogP contribution in [-0.2, 0) is 21.7 Å². The highest BCUT2D eigenvalue weighted by Gasteiger charge is 2.41. The molecule has 0 bridgehead atoms. The molecule has 2 heterocycles. The van der Waals surface area contributed by atoms with Crippen LogP contribution in [0.25, 0.3) is 71.6 Å². The molecule has 2 nitrogen and oxygen atoms in total. The van der Waals surface area contributed by atoms with E-state index in [-0.39, 0.29) is 21.7 Å². The lowest BCUT2D eigenvalue weighted by molar-refractivity contribution is 0.632. The van der Waals surface area contributed by atoms with Crippen molar-refractivity contribution in [3.05, 3.63) is 281 Å². The van der Waals surface area contributed by atoms with Gasteiger partial charge in [0.05, 0.1) is 22.7 Å². The first-order valence-corrected chi connectivity index (χ1v) is 29.6. The van der Waals surface area contributed by atoms with Crippen LogP contribution in [0.4, 0.5) is 34.1 Å². The van der Waals surface area contributed by atoms with Gasteiger partial charge in [0.25, 0.3) is 0 Å². The molecular formula is C80H66N2. The lowest BCUT2D eigenvalue weighted by Gasteiger charge is -2.42. The van der Waals surface area contributed by atoms with Crippen molar-refractivity contribution < 1.29 is 0 Å². The second-order valence-corrected chi connectivity index (χ2v) is 25.9. The maximum Gasteiger partial charge on any atom is 0.0502 e. The Labute approximate surface area is 483 Å². The maximum absolute atomic E-state index is 2.53. The zero-order valence-corrected chi connectivity index (χ0v) is 48.2. The van der Waals surface area contributed by atoms with Crippen LogP contribution >= 0.6 is 0 Å². The molecule has 5 aliphatic rings. The number of nitrogens with zero attached hydrogens (tertiary/aromatic N) is 2. The van der Waals surface area contributed by atoms with Crippen LogP contribution < -0.4 is 9.80 Å². The normalized spacial score (nSPS) is 16.9. The first-order chi connectivity index (χ1) is 39.7. The van der Waals surface area contributed by atoms with E-state index < -0.39 is 0 Å². The topological polar surface area (TPSA) is 6.48 Å². The molecule has 0 N–H and O–H groups in total. The number of para-hydroxylation sites is 4. The number of allylic oxidation sites excluding steroid dienone is 4. The molecule has 0 amide bonds. The van der Waals surface area contributed by atoms with E-state index in [0.29, 0.717) is 0 Å². The van der Waals surface area contributed by atoms with Crippen molar-refractivity contribution >= 4 is 61.2 Å². The number of benzene rings is 11. The molecule has 0 fully saturated rings. The molecular weight excluding hydrogens is 989 g/mol. The van der Waals surface area contributed by atoms with E-state index in [9.17, 15) is 0 Å². The van der Waals surface area contributed by atoms with E-state index in [1.165, 1.54) is 144 Å². The van der Waals surface area contributed by atoms with Gasteiger partial charge in [-0.2, -0.15) is 0 Å². The summed E-state index contributed by atoms with van der Waals surface area (Å²) in [6.07, 6.45) is 6.95. The SMILES string of the molecule is CC1(C)C2=C(CCC=C2)c2cc(-c3ccc(-c4c5ccc(N6c7ccccc7C(C)(C)c7ccccc76)cc5c(-c5ccc6c(c5)C(C)(C)c5ccccc5-6)c5ccc(N6c7ccccc7C(C)(C)c7ccccc76)cc45)cc3)ccc21. The summed E-state index contributed by atoms with van der Waals surface area (Å²) in [6.45, 7) is 19.1. The number of anilines is 6. The van der Waals surface area contributed by atoms with Crippen LogP contribution in [-0.4, -0.2) is 0 Å². The van der Waals surface area contributed by atoms with Crippen molar-refractivity contribution in [3.8, 4) is 44.5 Å². The van der Waals surface area contributed by atoms with Gasteiger partial charge in [-0.05, 0) is 195 Å². The minimum absolute atomic E-state index is 0.00385. The second kappa shape index (κ2) is 17.3. The van der Waals surface area contributed by atoms with Crippen LogP contribution in [0.5, 0.6) is 0 Å². The summed E-state index contributed by atoms with van der Waals surface area (Å²) in [5.41, 5.74) is 30.6. The van der Waals surface area contributed by atoms with Crippen LogP contribution in [0.2, 0.25) is 0 Å². The Morgan fingerprint density at radius 1 is 0.305 bits per heavy atom. The Kier molecular flexibility index (Phi) is 10.3. The fourth-order valence-corrected chi connectivity index (χ4v) is 15.9. The average molecular weight is 1060 g/mol. The lowest BCUT2D eigenvalue weighted by Crippen LogP contribution is -2.30. The van der Waals surface area contributed by atoms with Crippen molar-refractivity contribution in [2.24, 2.45) is 0 Å². The van der Waals surface area contributed by atoms with E-state index >= 15 is 0 Å². The Hall–Kier alpha value is -8.98. The van der Waals surface area contributed by atoms with Gasteiger partial charge in [0, 0.05) is 33.0 Å². The minimum Gasteiger partial charge on any atom is -0.310 e. The molecule has 82 heavy (non-hydrogen) atoms. The third-order valence-corrected chi connectivity index (χ3v) is 20.1. The van der Waals surface area contributed by atoms with Gasteiger partial charge in [-0.3, -0.25) is 0 Å². The standard InChI is InChI=1S/C80H66N2/c1-77(2)64-24-12-10-22-56(64)60-45-51(38-44-65(60)77)49-33-35-50(36-34-49)75-58-42-39-54(82-73-31-19-15-27-68(73)80(7,8)69-28-16-20-32-74(69)82)48-62(58)76(52-37-41-57-55-21-9-11-23-63(55)78(3,4)70(57)46-52)59-43-40-53(47-61(59)75)81-71-29-17-13-25-66(71)79(5,6)67-26-14-18-30-72(67)81/h9,11-21,23-48H,10,22H2,1-8H3. The van der Waals surface area contributed by atoms with Gasteiger partial charge >= 0.3 is 0 Å². The van der Waals surface area contributed by atoms with Crippen LogP contribution in [0.1, 0.15) is 113 Å². The maximum atomic E-state index is 2.53. The predicted molar refractivity (Wildman–Crippen MR) is 347 cm³/mol. The summed E-state index contributed by atoms with van der Waals surface area (Å²) < 4.78 is 0. The highest BCUT2D eigenvalue weighted by atomic mass is 15.2. The molecule has 11 aromatic carbocycles. The first kappa shape index (κ1) is 48.9. The molecule has 11 aromatic rings. The van der Waals surface area contributed by atoms with E-state index in [0.717, 1.165) is 24.2 Å².